The molecule has 0 N–H and O–H groups in total. The number of methoxy groups -OCH3 is 1. The molecular formula is C32H27N3O5S. The minimum absolute atomic E-state index is 0.208. The molecule has 5 rings (SSSR count). The van der Waals surface area contributed by atoms with Crippen molar-refractivity contribution in [2.45, 2.75) is 26.5 Å². The zero-order valence-corrected chi connectivity index (χ0v) is 23.6. The number of aromatic nitrogens is 1. The van der Waals surface area contributed by atoms with Gasteiger partial charge in [0, 0.05) is 5.56 Å². The highest BCUT2D eigenvalue weighted by Crippen LogP contribution is 2.31. The van der Waals surface area contributed by atoms with Crippen molar-refractivity contribution in [2.75, 3.05) is 13.7 Å². The number of nitrogens with zero attached hydrogens (tertiary/aromatic N) is 3. The first-order chi connectivity index (χ1) is 19.9. The van der Waals surface area contributed by atoms with Gasteiger partial charge >= 0.3 is 5.97 Å². The predicted octanol–water partition coefficient (Wildman–Crippen LogP) is 4.26. The highest BCUT2D eigenvalue weighted by Gasteiger charge is 2.33. The van der Waals surface area contributed by atoms with Crippen LogP contribution in [0.25, 0.3) is 6.08 Å². The van der Waals surface area contributed by atoms with Gasteiger partial charge in [-0.3, -0.25) is 9.36 Å². The molecule has 1 aromatic heterocycles. The molecule has 3 aromatic carbocycles. The number of rotatable bonds is 8. The van der Waals surface area contributed by atoms with Crippen molar-refractivity contribution in [2.24, 2.45) is 4.99 Å². The average Bonchev–Trinajstić information content (AvgIpc) is 3.29. The number of carbonyl (C=O) groups is 1. The highest BCUT2D eigenvalue weighted by molar-refractivity contribution is 7.07. The maximum Gasteiger partial charge on any atom is 0.338 e. The van der Waals surface area contributed by atoms with Gasteiger partial charge in [-0.05, 0) is 49.2 Å². The van der Waals surface area contributed by atoms with Crippen molar-refractivity contribution in [3.8, 4) is 17.6 Å². The largest absolute Gasteiger partial charge is 0.493 e. The second-order valence-electron chi connectivity index (χ2n) is 9.18. The summed E-state index contributed by atoms with van der Waals surface area (Å²) < 4.78 is 18.9. The third kappa shape index (κ3) is 5.55. The van der Waals surface area contributed by atoms with E-state index in [1.165, 1.54) is 11.3 Å². The monoisotopic (exact) mass is 565 g/mol. The summed E-state index contributed by atoms with van der Waals surface area (Å²) >= 11 is 1.25. The van der Waals surface area contributed by atoms with Gasteiger partial charge in [-0.15, -0.1) is 0 Å². The van der Waals surface area contributed by atoms with Crippen molar-refractivity contribution in [3.63, 3.8) is 0 Å². The fourth-order valence-electron chi connectivity index (χ4n) is 4.70. The van der Waals surface area contributed by atoms with Crippen LogP contribution in [0.15, 0.2) is 93.9 Å². The normalized spacial score (nSPS) is 14.6. The lowest BCUT2D eigenvalue weighted by atomic mass is 9.96. The Labute approximate surface area is 240 Å². The van der Waals surface area contributed by atoms with Gasteiger partial charge in [0.05, 0.1) is 47.2 Å². The Hall–Kier alpha value is -4.94. The maximum absolute atomic E-state index is 13.8. The van der Waals surface area contributed by atoms with Gasteiger partial charge in [0.25, 0.3) is 5.56 Å². The number of allylic oxidation sites excluding steroid dienone is 1. The Kier molecular flexibility index (Phi) is 8.13. The van der Waals surface area contributed by atoms with Gasteiger partial charge in [-0.2, -0.15) is 5.26 Å². The second kappa shape index (κ2) is 12.1. The summed E-state index contributed by atoms with van der Waals surface area (Å²) in [5.74, 6) is 0.510. The summed E-state index contributed by atoms with van der Waals surface area (Å²) in [7, 11) is 1.54. The summed E-state index contributed by atoms with van der Waals surface area (Å²) in [5, 5.41) is 9.34. The molecule has 41 heavy (non-hydrogen) atoms. The van der Waals surface area contributed by atoms with Crippen LogP contribution in [0.4, 0.5) is 0 Å². The van der Waals surface area contributed by atoms with E-state index in [4.69, 9.17) is 14.2 Å². The van der Waals surface area contributed by atoms with Crippen LogP contribution in [0, 0.1) is 11.3 Å². The predicted molar refractivity (Wildman–Crippen MR) is 155 cm³/mol. The van der Waals surface area contributed by atoms with E-state index in [0.29, 0.717) is 37.7 Å². The van der Waals surface area contributed by atoms with Crippen LogP contribution in [0.5, 0.6) is 11.5 Å². The van der Waals surface area contributed by atoms with Crippen molar-refractivity contribution >= 4 is 23.4 Å². The minimum Gasteiger partial charge on any atom is -0.493 e. The molecule has 0 aliphatic carbocycles. The Morgan fingerprint density at radius 2 is 1.85 bits per heavy atom. The third-order valence-electron chi connectivity index (χ3n) is 6.64. The van der Waals surface area contributed by atoms with E-state index in [1.807, 2.05) is 54.6 Å². The molecule has 4 aromatic rings. The van der Waals surface area contributed by atoms with Crippen LogP contribution in [0.2, 0.25) is 0 Å². The second-order valence-corrected chi connectivity index (χ2v) is 10.2. The Balaban J connectivity index is 1.53. The maximum atomic E-state index is 13.8. The number of thiazole rings is 1. The van der Waals surface area contributed by atoms with E-state index < -0.39 is 12.0 Å². The molecule has 206 valence electrons. The van der Waals surface area contributed by atoms with Crippen molar-refractivity contribution < 1.29 is 19.0 Å². The quantitative estimate of drug-likeness (QED) is 0.296. The van der Waals surface area contributed by atoms with Gasteiger partial charge in [-0.1, -0.05) is 65.9 Å². The van der Waals surface area contributed by atoms with Gasteiger partial charge in [0.2, 0.25) is 0 Å². The van der Waals surface area contributed by atoms with E-state index in [1.54, 1.807) is 49.8 Å². The number of ether oxygens (including phenoxy) is 3. The van der Waals surface area contributed by atoms with Crippen LogP contribution < -0.4 is 24.4 Å². The van der Waals surface area contributed by atoms with E-state index >= 15 is 0 Å². The van der Waals surface area contributed by atoms with Crippen LogP contribution in [-0.4, -0.2) is 24.3 Å². The standard InChI is InChI=1S/C32H27N3O5S/c1-4-39-31(37)28-20(2)34-32-35(29(28)22-10-6-5-7-11-22)30(36)27(41-32)17-21-14-15-25(26(16-21)38-3)40-19-24-13-9-8-12-23(24)18-33/h5-17,29H,4,19H2,1-3H3/t29-/m1/s1. The molecule has 1 aliphatic rings. The Morgan fingerprint density at radius 3 is 2.59 bits per heavy atom. The highest BCUT2D eigenvalue weighted by atomic mass is 32.1. The molecule has 0 radical (unpaired) electrons. The number of benzene rings is 3. The van der Waals surface area contributed by atoms with Crippen LogP contribution in [0.3, 0.4) is 0 Å². The Bertz CT molecular complexity index is 1870. The number of esters is 1. The topological polar surface area (TPSA) is 103 Å². The first kappa shape index (κ1) is 27.6. The van der Waals surface area contributed by atoms with Crippen LogP contribution in [0.1, 0.15) is 42.1 Å². The summed E-state index contributed by atoms with van der Waals surface area (Å²) in [6.07, 6.45) is 1.77. The number of nitriles is 1. The lowest BCUT2D eigenvalue weighted by molar-refractivity contribution is -0.139. The first-order valence-corrected chi connectivity index (χ1v) is 13.8. The van der Waals surface area contributed by atoms with E-state index in [-0.39, 0.29) is 18.8 Å². The van der Waals surface area contributed by atoms with Crippen molar-refractivity contribution in [1.29, 1.82) is 5.26 Å². The lowest BCUT2D eigenvalue weighted by Crippen LogP contribution is -2.39. The summed E-state index contributed by atoms with van der Waals surface area (Å²) in [4.78, 5) is 31.9. The molecule has 0 amide bonds. The average molecular weight is 566 g/mol. The number of hydrogen-bond donors (Lipinski definition) is 0. The smallest absolute Gasteiger partial charge is 0.338 e. The lowest BCUT2D eigenvalue weighted by Gasteiger charge is -2.24. The molecule has 0 bridgehead atoms. The van der Waals surface area contributed by atoms with Gasteiger partial charge in [0.1, 0.15) is 6.61 Å². The van der Waals surface area contributed by atoms with Gasteiger partial charge < -0.3 is 14.2 Å². The Morgan fingerprint density at radius 1 is 1.10 bits per heavy atom. The molecule has 0 fully saturated rings. The molecule has 9 heteroatoms. The van der Waals surface area contributed by atoms with Gasteiger partial charge in [0.15, 0.2) is 16.3 Å². The zero-order valence-electron chi connectivity index (χ0n) is 22.8. The van der Waals surface area contributed by atoms with Crippen molar-refractivity contribution in [1.82, 2.24) is 4.57 Å². The van der Waals surface area contributed by atoms with Crippen LogP contribution >= 0.6 is 11.3 Å². The molecule has 0 saturated heterocycles. The summed E-state index contributed by atoms with van der Waals surface area (Å²) in [6, 6.07) is 23.6. The fraction of sp³-hybridized carbons (Fsp3) is 0.188. The number of hydrogen-bond acceptors (Lipinski definition) is 8. The van der Waals surface area contributed by atoms with E-state index in [0.717, 1.165) is 16.7 Å². The summed E-state index contributed by atoms with van der Waals surface area (Å²) in [6.45, 7) is 3.93. The fourth-order valence-corrected chi connectivity index (χ4v) is 5.74. The molecule has 0 unspecified atom stereocenters. The molecule has 8 nitrogen and oxygen atoms in total. The minimum atomic E-state index is -0.657. The zero-order chi connectivity index (χ0) is 28.9. The number of carbonyl (C=O) groups excluding carboxylic acids is 1. The molecular weight excluding hydrogens is 538 g/mol. The molecule has 0 saturated carbocycles. The van der Waals surface area contributed by atoms with Crippen LogP contribution in [-0.2, 0) is 16.1 Å². The molecule has 1 aliphatic heterocycles. The van der Waals surface area contributed by atoms with E-state index in [2.05, 4.69) is 11.1 Å². The molecule has 0 spiro atoms. The SMILES string of the molecule is CCOC(=O)C1=C(C)N=c2sc(=Cc3ccc(OCc4ccccc4C#N)c(OC)c3)c(=O)n2[C@@H]1c1ccccc1. The third-order valence-corrected chi connectivity index (χ3v) is 7.62. The number of fused-ring (bicyclic) bond motifs is 1. The molecule has 1 atom stereocenters. The summed E-state index contributed by atoms with van der Waals surface area (Å²) in [5.41, 5.74) is 3.45. The van der Waals surface area contributed by atoms with E-state index in [9.17, 15) is 14.9 Å². The first-order valence-electron chi connectivity index (χ1n) is 13.0. The van der Waals surface area contributed by atoms with Gasteiger partial charge in [-0.25, -0.2) is 9.79 Å². The van der Waals surface area contributed by atoms with Crippen molar-refractivity contribution in [3.05, 3.63) is 126 Å². The molecule has 2 heterocycles.